The summed E-state index contributed by atoms with van der Waals surface area (Å²) in [5.41, 5.74) is 1.63. The van der Waals surface area contributed by atoms with E-state index in [1.54, 1.807) is 26.0 Å². The molecule has 3 rings (SSSR count). The van der Waals surface area contributed by atoms with E-state index >= 15 is 0 Å². The Kier molecular flexibility index (Phi) is 5.36. The Hall–Kier alpha value is -1.66. The Bertz CT molecular complexity index is 753. The van der Waals surface area contributed by atoms with Gasteiger partial charge in [0.05, 0.1) is 19.8 Å². The molecule has 6 heteroatoms. The molecule has 0 radical (unpaired) electrons. The lowest BCUT2D eigenvalue weighted by molar-refractivity contribution is 0.0758. The molecule has 24 heavy (non-hydrogen) atoms. The fourth-order valence-corrected chi connectivity index (χ4v) is 4.56. The van der Waals surface area contributed by atoms with Crippen LogP contribution in [0.3, 0.4) is 0 Å². The maximum atomic E-state index is 13.0. The molecule has 126 valence electrons. The van der Waals surface area contributed by atoms with Gasteiger partial charge in [0.2, 0.25) is 0 Å². The summed E-state index contributed by atoms with van der Waals surface area (Å²) in [6.45, 7) is 0.704. The predicted molar refractivity (Wildman–Crippen MR) is 99.9 cm³/mol. The van der Waals surface area contributed by atoms with E-state index in [4.69, 9.17) is 9.47 Å². The van der Waals surface area contributed by atoms with Crippen molar-refractivity contribution in [2.24, 2.45) is 0 Å². The average molecular weight is 408 g/mol. The van der Waals surface area contributed by atoms with Gasteiger partial charge < -0.3 is 14.4 Å². The van der Waals surface area contributed by atoms with Crippen LogP contribution < -0.4 is 9.47 Å². The molecule has 0 saturated carbocycles. The van der Waals surface area contributed by atoms with Gasteiger partial charge in [0.25, 0.3) is 5.91 Å². The molecule has 1 fully saturated rings. The normalized spacial score (nSPS) is 17.0. The topological polar surface area (TPSA) is 38.8 Å². The number of carbonyl (C=O) groups is 1. The monoisotopic (exact) mass is 407 g/mol. The second kappa shape index (κ2) is 7.49. The molecule has 1 aliphatic heterocycles. The van der Waals surface area contributed by atoms with Crippen molar-refractivity contribution in [1.82, 2.24) is 4.90 Å². The van der Waals surface area contributed by atoms with E-state index < -0.39 is 0 Å². The van der Waals surface area contributed by atoms with Crippen molar-refractivity contribution in [3.05, 3.63) is 58.1 Å². The highest BCUT2D eigenvalue weighted by Gasteiger charge is 2.34. The molecule has 4 nitrogen and oxygen atoms in total. The molecule has 0 N–H and O–H groups in total. The van der Waals surface area contributed by atoms with Crippen molar-refractivity contribution < 1.29 is 14.3 Å². The molecule has 0 spiro atoms. The number of benzene rings is 2. The zero-order chi connectivity index (χ0) is 17.1. The molecular formula is C18H18BrNO3S. The molecule has 0 unspecified atom stereocenters. The van der Waals surface area contributed by atoms with Crippen LogP contribution in [0.1, 0.15) is 21.3 Å². The SMILES string of the molecule is COc1cccc([C@H]2SCCN2C(=O)c2ccccc2Br)c1OC. The van der Waals surface area contributed by atoms with E-state index in [-0.39, 0.29) is 11.3 Å². The molecular weight excluding hydrogens is 390 g/mol. The van der Waals surface area contributed by atoms with Gasteiger partial charge in [0, 0.05) is 22.3 Å². The summed E-state index contributed by atoms with van der Waals surface area (Å²) in [6, 6.07) is 13.3. The van der Waals surface area contributed by atoms with Crippen LogP contribution >= 0.6 is 27.7 Å². The number of thioether (sulfide) groups is 1. The average Bonchev–Trinajstić information content (AvgIpc) is 3.10. The molecule has 1 aliphatic rings. The Balaban J connectivity index is 1.97. The minimum Gasteiger partial charge on any atom is -0.493 e. The summed E-state index contributed by atoms with van der Waals surface area (Å²) < 4.78 is 11.8. The molecule has 1 heterocycles. The summed E-state index contributed by atoms with van der Waals surface area (Å²) in [5, 5.41) is -0.0883. The number of carbonyl (C=O) groups excluding carboxylic acids is 1. The number of amides is 1. The summed E-state index contributed by atoms with van der Waals surface area (Å²) in [5.74, 6) is 2.27. The Morgan fingerprint density at radius 2 is 1.96 bits per heavy atom. The third-order valence-electron chi connectivity index (χ3n) is 3.96. The highest BCUT2D eigenvalue weighted by atomic mass is 79.9. The van der Waals surface area contributed by atoms with E-state index in [1.807, 2.05) is 47.4 Å². The zero-order valence-corrected chi connectivity index (χ0v) is 15.9. The predicted octanol–water partition coefficient (Wildman–Crippen LogP) is 4.35. The van der Waals surface area contributed by atoms with Crippen LogP contribution in [0.15, 0.2) is 46.9 Å². The minimum absolute atomic E-state index is 0.0161. The van der Waals surface area contributed by atoms with Crippen LogP contribution in [-0.2, 0) is 0 Å². The summed E-state index contributed by atoms with van der Waals surface area (Å²) in [7, 11) is 3.24. The quantitative estimate of drug-likeness (QED) is 0.754. The van der Waals surface area contributed by atoms with Gasteiger partial charge in [-0.2, -0.15) is 0 Å². The highest BCUT2D eigenvalue weighted by Crippen LogP contribution is 2.45. The number of ether oxygens (including phenoxy) is 2. The Morgan fingerprint density at radius 1 is 1.17 bits per heavy atom. The molecule has 1 atom stereocenters. The number of hydrogen-bond acceptors (Lipinski definition) is 4. The van der Waals surface area contributed by atoms with Gasteiger partial charge in [-0.15, -0.1) is 11.8 Å². The van der Waals surface area contributed by atoms with Crippen molar-refractivity contribution in [3.8, 4) is 11.5 Å². The van der Waals surface area contributed by atoms with Crippen LogP contribution in [0, 0.1) is 0 Å². The van der Waals surface area contributed by atoms with Gasteiger partial charge in [0.15, 0.2) is 11.5 Å². The maximum absolute atomic E-state index is 13.0. The number of methoxy groups -OCH3 is 2. The molecule has 1 amide bonds. The second-order valence-electron chi connectivity index (χ2n) is 5.28. The van der Waals surface area contributed by atoms with Gasteiger partial charge in [-0.1, -0.05) is 24.3 Å². The molecule has 0 aromatic heterocycles. The van der Waals surface area contributed by atoms with Crippen molar-refractivity contribution >= 4 is 33.6 Å². The first-order chi connectivity index (χ1) is 11.7. The van der Waals surface area contributed by atoms with Crippen molar-refractivity contribution in [2.45, 2.75) is 5.37 Å². The fraction of sp³-hybridized carbons (Fsp3) is 0.278. The van der Waals surface area contributed by atoms with Gasteiger partial charge in [-0.05, 0) is 34.1 Å². The zero-order valence-electron chi connectivity index (χ0n) is 13.5. The van der Waals surface area contributed by atoms with E-state index in [1.165, 1.54) is 0 Å². The largest absolute Gasteiger partial charge is 0.493 e. The third kappa shape index (κ3) is 3.13. The molecule has 2 aromatic carbocycles. The van der Waals surface area contributed by atoms with Crippen LogP contribution in [-0.4, -0.2) is 37.3 Å². The summed E-state index contributed by atoms with van der Waals surface area (Å²) in [4.78, 5) is 14.9. The summed E-state index contributed by atoms with van der Waals surface area (Å²) in [6.07, 6.45) is 0. The first-order valence-corrected chi connectivity index (χ1v) is 9.39. The van der Waals surface area contributed by atoms with Gasteiger partial charge >= 0.3 is 0 Å². The molecule has 0 bridgehead atoms. The second-order valence-corrected chi connectivity index (χ2v) is 7.33. The van der Waals surface area contributed by atoms with E-state index in [0.717, 1.165) is 15.8 Å². The van der Waals surface area contributed by atoms with Crippen LogP contribution in [0.4, 0.5) is 0 Å². The Labute approximate surface area is 154 Å². The first kappa shape index (κ1) is 17.2. The summed E-state index contributed by atoms with van der Waals surface area (Å²) >= 11 is 5.21. The Morgan fingerprint density at radius 3 is 2.67 bits per heavy atom. The van der Waals surface area contributed by atoms with Crippen molar-refractivity contribution in [3.63, 3.8) is 0 Å². The van der Waals surface area contributed by atoms with E-state index in [9.17, 15) is 4.79 Å². The number of halogens is 1. The standard InChI is InChI=1S/C18H18BrNO3S/c1-22-15-9-5-7-13(16(15)23-2)18-20(10-11-24-18)17(21)12-6-3-4-8-14(12)19/h3-9,18H,10-11H2,1-2H3/t18-/m1/s1. The molecule has 1 saturated heterocycles. The highest BCUT2D eigenvalue weighted by molar-refractivity contribution is 9.10. The minimum atomic E-state index is -0.0883. The van der Waals surface area contributed by atoms with Gasteiger partial charge in [-0.25, -0.2) is 0 Å². The number of hydrogen-bond donors (Lipinski definition) is 0. The van der Waals surface area contributed by atoms with Gasteiger partial charge in [0.1, 0.15) is 5.37 Å². The number of nitrogens with zero attached hydrogens (tertiary/aromatic N) is 1. The van der Waals surface area contributed by atoms with E-state index in [2.05, 4.69) is 15.9 Å². The number of para-hydroxylation sites is 1. The lowest BCUT2D eigenvalue weighted by Gasteiger charge is -2.26. The lowest BCUT2D eigenvalue weighted by Crippen LogP contribution is -2.30. The number of rotatable bonds is 4. The molecule has 2 aromatic rings. The molecule has 0 aliphatic carbocycles. The maximum Gasteiger partial charge on any atom is 0.256 e. The van der Waals surface area contributed by atoms with Crippen LogP contribution in [0.5, 0.6) is 11.5 Å². The van der Waals surface area contributed by atoms with Crippen molar-refractivity contribution in [2.75, 3.05) is 26.5 Å². The van der Waals surface area contributed by atoms with Gasteiger partial charge in [-0.3, -0.25) is 4.79 Å². The van der Waals surface area contributed by atoms with E-state index in [0.29, 0.717) is 23.6 Å². The smallest absolute Gasteiger partial charge is 0.256 e. The first-order valence-electron chi connectivity index (χ1n) is 7.55. The third-order valence-corrected chi connectivity index (χ3v) is 5.89. The lowest BCUT2D eigenvalue weighted by atomic mass is 10.1. The van der Waals surface area contributed by atoms with Crippen molar-refractivity contribution in [1.29, 1.82) is 0 Å². The van der Waals surface area contributed by atoms with Crippen LogP contribution in [0.2, 0.25) is 0 Å². The fourth-order valence-electron chi connectivity index (χ4n) is 2.83. The van der Waals surface area contributed by atoms with Crippen LogP contribution in [0.25, 0.3) is 0 Å².